The highest BCUT2D eigenvalue weighted by Crippen LogP contribution is 2.51. The van der Waals surface area contributed by atoms with Crippen LogP contribution in [0.5, 0.6) is 11.5 Å². The van der Waals surface area contributed by atoms with Crippen molar-refractivity contribution in [2.75, 3.05) is 28.4 Å². The zero-order valence-corrected chi connectivity index (χ0v) is 84.2. The molecule has 0 saturated carbocycles. The third-order valence-electron chi connectivity index (χ3n) is 31.9. The number of aromatic amines is 2. The summed E-state index contributed by atoms with van der Waals surface area (Å²) in [6.07, 6.45) is 11.8. The number of carbonyl (C=O) groups is 8. The number of likely N-dealkylation sites (tertiary alicyclic amines) is 4. The number of imidazole rings is 2. The van der Waals surface area contributed by atoms with Crippen LogP contribution in [0, 0.1) is 23.7 Å². The Balaban J connectivity index is 0.000000179. The summed E-state index contributed by atoms with van der Waals surface area (Å²) < 4.78 is 57.0. The molecule has 8 amide bonds. The van der Waals surface area contributed by atoms with Gasteiger partial charge in [-0.05, 0) is 319 Å². The predicted octanol–water partition coefficient (Wildman–Crippen LogP) is 18.1. The van der Waals surface area contributed by atoms with Crippen molar-refractivity contribution in [1.29, 1.82) is 0 Å². The summed E-state index contributed by atoms with van der Waals surface area (Å²) in [5.74, 6) is 2.01. The Labute approximate surface area is 827 Å². The minimum Gasteiger partial charge on any atom is -0.488 e. The Morgan fingerprint density at radius 2 is 0.723 bits per heavy atom. The smallest absolute Gasteiger partial charge is 0.407 e. The maximum Gasteiger partial charge on any atom is 0.407 e. The summed E-state index contributed by atoms with van der Waals surface area (Å²) >= 11 is 6.97. The first kappa shape index (κ1) is 98.1. The van der Waals surface area contributed by atoms with E-state index in [4.69, 9.17) is 78.9 Å². The number of nitrogens with zero attached hydrogens (tertiary/aromatic N) is 8. The van der Waals surface area contributed by atoms with Crippen molar-refractivity contribution in [3.05, 3.63) is 130 Å². The van der Waals surface area contributed by atoms with Crippen molar-refractivity contribution in [1.82, 2.24) is 60.8 Å². The summed E-state index contributed by atoms with van der Waals surface area (Å²) in [7, 11) is 5.28. The van der Waals surface area contributed by atoms with Crippen LogP contribution in [-0.4, -0.2) is 237 Å². The first-order valence-electron chi connectivity index (χ1n) is 50.7. The first-order chi connectivity index (χ1) is 67.7. The number of aliphatic imine (C=N–C) groups is 2. The van der Waals surface area contributed by atoms with Crippen molar-refractivity contribution in [2.45, 2.75) is 333 Å². The molecule has 750 valence electrons. The number of carbonyl (C=O) groups excluding carboxylic acids is 8. The fourth-order valence-corrected chi connectivity index (χ4v) is 25.8. The topological polar surface area (TPSA) is 372 Å². The SMILES string of the molecule is COC(=O)N[C@H](C(=O)N1[C@@H](C)CC[C@H]1C1=Nc2ccc3cc4c(cc3c2C1)OCc1cc(-c2cnc([C@@H]3CC[C@H](C)N3C(=O)[C@@H](NC(=O)OC)C3C[C@@H](C)O[C@@H](C)C3)[nH]2)ccc1-4)C1C[C@@H](C)O[C@H](C)C1.COC(=O)N[C@H](C(=O)N1[C@@H](C)CC[C@H]1C1=Nc2ccc3cc4c(cc3c2C1)OCc1cc(-c2nc([C@@H]3CC[C@H](C)N3C(=O)[C@@H](NC(=O)OC)C3C[C@@H](C)O[C@@H](C)C3)[nH]c2Cl)ccc1-4)C1C[C@@H](C)O[C@H](C)C1. The van der Waals surface area contributed by atoms with E-state index in [1.165, 1.54) is 28.4 Å². The van der Waals surface area contributed by atoms with E-state index in [1.54, 1.807) is 0 Å². The number of amides is 8. The van der Waals surface area contributed by atoms with Gasteiger partial charge in [0.25, 0.3) is 0 Å². The van der Waals surface area contributed by atoms with Gasteiger partial charge in [-0.3, -0.25) is 29.2 Å². The van der Waals surface area contributed by atoms with Crippen LogP contribution in [0.2, 0.25) is 5.15 Å². The summed E-state index contributed by atoms with van der Waals surface area (Å²) in [4.78, 5) is 144. The predicted molar refractivity (Wildman–Crippen MR) is 533 cm³/mol. The molecule has 6 N–H and O–H groups in total. The van der Waals surface area contributed by atoms with Gasteiger partial charge >= 0.3 is 24.4 Å². The molecular formula is C108H133ClN14O18. The van der Waals surface area contributed by atoms with Crippen LogP contribution in [0.3, 0.4) is 0 Å². The minimum atomic E-state index is -0.784. The van der Waals surface area contributed by atoms with Gasteiger partial charge in [0.05, 0.1) is 125 Å². The molecule has 8 aromatic rings. The number of benzene rings is 6. The molecule has 0 aliphatic carbocycles. The molecule has 8 fully saturated rings. The molecule has 33 heteroatoms. The second-order valence-electron chi connectivity index (χ2n) is 41.8. The first-order valence-corrected chi connectivity index (χ1v) is 51.1. The van der Waals surface area contributed by atoms with Crippen LogP contribution in [0.4, 0.5) is 30.6 Å². The highest BCUT2D eigenvalue weighted by Gasteiger charge is 2.52. The van der Waals surface area contributed by atoms with Crippen LogP contribution in [0.25, 0.3) is 66.3 Å². The maximum absolute atomic E-state index is 14.7. The number of ether oxygens (including phenoxy) is 10. The molecule has 12 aliphatic rings. The van der Waals surface area contributed by atoms with Gasteiger partial charge in [0.15, 0.2) is 0 Å². The summed E-state index contributed by atoms with van der Waals surface area (Å²) in [5, 5.41) is 16.3. The average molecular weight is 1950 g/mol. The van der Waals surface area contributed by atoms with Crippen LogP contribution in [0.1, 0.15) is 232 Å². The van der Waals surface area contributed by atoms with E-state index in [9.17, 15) is 38.4 Å². The number of hydrogen-bond donors (Lipinski definition) is 6. The second kappa shape index (κ2) is 40.6. The summed E-state index contributed by atoms with van der Waals surface area (Å²) in [6.45, 7) is 25.1. The molecular weight excluding hydrogens is 1820 g/mol. The lowest BCUT2D eigenvalue weighted by Gasteiger charge is -2.39. The van der Waals surface area contributed by atoms with Crippen molar-refractivity contribution >= 4 is 104 Å². The van der Waals surface area contributed by atoms with Crippen molar-refractivity contribution in [2.24, 2.45) is 33.7 Å². The third kappa shape index (κ3) is 19.6. The van der Waals surface area contributed by atoms with Gasteiger partial charge in [0, 0.05) is 65.1 Å². The van der Waals surface area contributed by atoms with E-state index in [1.807, 2.05) is 94.2 Å². The fourth-order valence-electron chi connectivity index (χ4n) is 25.6. The molecule has 6 aromatic carbocycles. The molecule has 0 spiro atoms. The maximum atomic E-state index is 14.7. The molecule has 32 nitrogen and oxygen atoms in total. The number of aromatic nitrogens is 4. The van der Waals surface area contributed by atoms with E-state index < -0.39 is 48.5 Å². The van der Waals surface area contributed by atoms with Crippen molar-refractivity contribution < 1.29 is 85.7 Å². The Morgan fingerprint density at radius 1 is 0.390 bits per heavy atom. The van der Waals surface area contributed by atoms with Crippen LogP contribution < -0.4 is 30.7 Å². The number of halogens is 1. The lowest BCUT2D eigenvalue weighted by atomic mass is 9.85. The standard InChI is InChI=1S/C54H66ClN7O9.C54H67N7O9/c1-26-9-15-43(61(26)51(63)47(58-53(65)67-7)34-17-28(3)70-29(4)18-34)42-23-39-38-24-45-40(22-32(38)12-14-41(39)56-42)37-13-11-33(21-36(37)25-69-45)46-49(55)60-50(57-46)44-16-10-27(2)62(44)52(64)48(59-54(66)68-8)35-19-30(5)71-31(6)20-35;1-27-9-15-45(60(27)51(62)48(58-53(64)66-7)35-17-29(3)69-30(4)18-35)43-23-40-39-24-47-41(22-33(39)12-14-42(40)56-43)38-13-11-34(21-37(38)26-68-47)44-25-55-50(57-44)46-16-10-28(2)61(46)52(63)49(59-54(65)67-8)36-19-31(5)70-32(6)20-36/h11-14,21-22,24,26-31,34-35,43-44,47-48H,9-10,15-20,23,25H2,1-8H3,(H,57,60)(H,58,65)(H,59,66);11-14,21-22,24-25,27-32,35-36,45-46,48-49H,9-10,15-20,23,26H2,1-8H3,(H,55,57)(H,58,64)(H,59,65)/t26-,27-,28+,29+,30-,31+,35?,43-,44-,47-,48-;27-,28-,29+,30+,31-,32+,36?,45-,46-,48-,49-/m00/s1. The molecule has 0 bridgehead atoms. The number of rotatable bonds is 18. The van der Waals surface area contributed by atoms with Crippen LogP contribution >= 0.6 is 11.6 Å². The highest BCUT2D eigenvalue weighted by molar-refractivity contribution is 6.32. The number of methoxy groups -OCH3 is 4. The van der Waals surface area contributed by atoms with E-state index >= 15 is 0 Å². The van der Waals surface area contributed by atoms with Gasteiger partial charge in [-0.25, -0.2) is 29.1 Å². The van der Waals surface area contributed by atoms with Gasteiger partial charge in [-0.1, -0.05) is 48.0 Å². The second-order valence-corrected chi connectivity index (χ2v) is 42.2. The number of H-pyrrole nitrogens is 2. The molecule has 8 saturated heterocycles. The van der Waals surface area contributed by atoms with Crippen molar-refractivity contribution in [3.8, 4) is 56.3 Å². The van der Waals surface area contributed by atoms with Gasteiger partial charge in [0.2, 0.25) is 23.6 Å². The normalized spacial score (nSPS) is 28.9. The fraction of sp³-hybridized carbons (Fsp3) is 0.556. The zero-order chi connectivity index (χ0) is 99.1. The van der Waals surface area contributed by atoms with E-state index in [0.29, 0.717) is 106 Å². The molecule has 2 unspecified atom stereocenters. The summed E-state index contributed by atoms with van der Waals surface area (Å²) in [5.41, 5.74) is 15.4. The number of alkyl carbamates (subject to hydrolysis) is 4. The highest BCUT2D eigenvalue weighted by atomic mass is 35.5. The van der Waals surface area contributed by atoms with Crippen LogP contribution in [0.15, 0.2) is 101 Å². The molecule has 14 heterocycles. The lowest BCUT2D eigenvalue weighted by molar-refractivity contribution is -0.141. The van der Waals surface area contributed by atoms with E-state index in [2.05, 4.69) is 131 Å². The van der Waals surface area contributed by atoms with E-state index in [0.717, 1.165) is 162 Å². The minimum absolute atomic E-state index is 0.0161. The number of nitrogens with one attached hydrogen (secondary N) is 6. The number of hydrogen-bond acceptors (Lipinski definition) is 22. The monoisotopic (exact) mass is 1950 g/mol. The number of fused-ring (bicyclic) bond motifs is 12. The average Bonchev–Trinajstić information content (AvgIpc) is 1.66. The van der Waals surface area contributed by atoms with Crippen LogP contribution in [-0.2, 0) is 83.1 Å². The Hall–Kier alpha value is -11.7. The quantitative estimate of drug-likeness (QED) is 0.0435. The van der Waals surface area contributed by atoms with Gasteiger partial charge < -0.3 is 98.2 Å². The molecule has 22 atom stereocenters. The Kier molecular flexibility index (Phi) is 28.2. The molecule has 20 rings (SSSR count). The molecule has 0 radical (unpaired) electrons. The van der Waals surface area contributed by atoms with Gasteiger partial charge in [0.1, 0.15) is 71.4 Å². The molecule has 2 aromatic heterocycles. The molecule has 12 aliphatic heterocycles. The third-order valence-corrected chi connectivity index (χ3v) is 32.2. The zero-order valence-electron chi connectivity index (χ0n) is 83.5. The van der Waals surface area contributed by atoms with Crippen molar-refractivity contribution in [3.63, 3.8) is 0 Å². The molecule has 141 heavy (non-hydrogen) atoms. The Bertz CT molecular complexity index is 6200. The summed E-state index contributed by atoms with van der Waals surface area (Å²) in [6, 6.07) is 25.4. The van der Waals surface area contributed by atoms with Gasteiger partial charge in [-0.2, -0.15) is 0 Å². The lowest BCUT2D eigenvalue weighted by Crippen LogP contribution is -2.57. The largest absolute Gasteiger partial charge is 0.488 e. The van der Waals surface area contributed by atoms with Gasteiger partial charge in [-0.15, -0.1) is 0 Å². The van der Waals surface area contributed by atoms with E-state index in [-0.39, 0.29) is 144 Å². The Morgan fingerprint density at radius 3 is 1.09 bits per heavy atom.